The molecule has 0 radical (unpaired) electrons. The van der Waals surface area contributed by atoms with Crippen molar-refractivity contribution in [2.75, 3.05) is 26.9 Å². The van der Waals surface area contributed by atoms with Gasteiger partial charge in [-0.15, -0.1) is 0 Å². The van der Waals surface area contributed by atoms with Crippen LogP contribution in [0.4, 0.5) is 0 Å². The van der Waals surface area contributed by atoms with Crippen molar-refractivity contribution in [3.63, 3.8) is 0 Å². The Labute approximate surface area is 129 Å². The average molecular weight is 303 g/mol. The smallest absolute Gasteiger partial charge is 0.313 e. The van der Waals surface area contributed by atoms with Crippen LogP contribution in [0.5, 0.6) is 0 Å². The van der Waals surface area contributed by atoms with Gasteiger partial charge in [0, 0.05) is 25.1 Å². The first-order valence-electron chi connectivity index (χ1n) is 7.58. The Morgan fingerprint density at radius 2 is 2.09 bits per heavy atom. The van der Waals surface area contributed by atoms with Crippen LogP contribution in [0.15, 0.2) is 34.7 Å². The van der Waals surface area contributed by atoms with E-state index in [4.69, 9.17) is 13.9 Å². The van der Waals surface area contributed by atoms with Gasteiger partial charge < -0.3 is 19.2 Å². The first kappa shape index (κ1) is 15.1. The number of benzene rings is 1. The van der Waals surface area contributed by atoms with Gasteiger partial charge >= 0.3 is 5.97 Å². The van der Waals surface area contributed by atoms with E-state index >= 15 is 0 Å². The number of carbonyl (C=O) groups is 1. The lowest BCUT2D eigenvalue weighted by atomic mass is 9.80. The van der Waals surface area contributed by atoms with Gasteiger partial charge in [0.1, 0.15) is 11.3 Å². The Hall–Kier alpha value is -1.85. The number of hydrogen-bond donors (Lipinski definition) is 1. The van der Waals surface area contributed by atoms with Crippen molar-refractivity contribution in [1.29, 1.82) is 0 Å². The summed E-state index contributed by atoms with van der Waals surface area (Å²) in [6.45, 7) is 2.36. The molecule has 1 aromatic heterocycles. The molecule has 0 spiro atoms. The zero-order valence-electron chi connectivity index (χ0n) is 12.8. The maximum Gasteiger partial charge on any atom is 0.313 e. The number of fused-ring (bicyclic) bond motifs is 1. The summed E-state index contributed by atoms with van der Waals surface area (Å²) in [5, 5.41) is 4.43. The lowest BCUT2D eigenvalue weighted by Gasteiger charge is -2.34. The molecule has 1 N–H and O–H groups in total. The predicted octanol–water partition coefficient (Wildman–Crippen LogP) is 2.49. The number of furan rings is 1. The summed E-state index contributed by atoms with van der Waals surface area (Å²) < 4.78 is 16.1. The molecule has 3 rings (SSSR count). The highest BCUT2D eigenvalue weighted by molar-refractivity contribution is 5.78. The van der Waals surface area contributed by atoms with E-state index < -0.39 is 5.41 Å². The molecule has 0 aliphatic carbocycles. The van der Waals surface area contributed by atoms with Crippen molar-refractivity contribution in [2.45, 2.75) is 19.4 Å². The molecular weight excluding hydrogens is 282 g/mol. The Bertz CT molecular complexity index is 610. The fraction of sp³-hybridized carbons (Fsp3) is 0.471. The molecule has 2 aromatic rings. The third-order valence-corrected chi connectivity index (χ3v) is 4.31. The largest absolute Gasteiger partial charge is 0.469 e. The van der Waals surface area contributed by atoms with Crippen LogP contribution in [0.2, 0.25) is 0 Å². The zero-order chi connectivity index (χ0) is 15.4. The standard InChI is InChI=1S/C17H21NO4/c1-20-16(19)17(6-8-21-9-7-17)12-18-11-14-10-13-4-2-3-5-15(13)22-14/h2-5,10,18H,6-9,11-12H2,1H3. The molecular formula is C17H21NO4. The molecule has 5 nitrogen and oxygen atoms in total. The summed E-state index contributed by atoms with van der Waals surface area (Å²) >= 11 is 0. The number of esters is 1. The van der Waals surface area contributed by atoms with Crippen molar-refractivity contribution in [3.05, 3.63) is 36.1 Å². The maximum atomic E-state index is 12.1. The fourth-order valence-corrected chi connectivity index (χ4v) is 2.98. The highest BCUT2D eigenvalue weighted by Gasteiger charge is 2.40. The second-order valence-corrected chi connectivity index (χ2v) is 5.74. The number of carbonyl (C=O) groups excluding carboxylic acids is 1. The Kier molecular flexibility index (Phi) is 4.45. The molecule has 5 heteroatoms. The van der Waals surface area contributed by atoms with Crippen molar-refractivity contribution < 1.29 is 18.7 Å². The van der Waals surface area contributed by atoms with E-state index in [1.165, 1.54) is 7.11 Å². The minimum Gasteiger partial charge on any atom is -0.469 e. The first-order valence-corrected chi connectivity index (χ1v) is 7.58. The van der Waals surface area contributed by atoms with Gasteiger partial charge in [-0.3, -0.25) is 4.79 Å². The van der Waals surface area contributed by atoms with E-state index in [1.54, 1.807) is 0 Å². The van der Waals surface area contributed by atoms with Gasteiger partial charge in [0.15, 0.2) is 0 Å². The number of rotatable bonds is 5. The SMILES string of the molecule is COC(=O)C1(CNCc2cc3ccccc3o2)CCOCC1. The third kappa shape index (κ3) is 3.00. The zero-order valence-corrected chi connectivity index (χ0v) is 12.8. The molecule has 1 aliphatic heterocycles. The molecule has 0 bridgehead atoms. The Balaban J connectivity index is 1.63. The second kappa shape index (κ2) is 6.50. The quantitative estimate of drug-likeness (QED) is 0.860. The number of ether oxygens (including phenoxy) is 2. The molecule has 0 amide bonds. The lowest BCUT2D eigenvalue weighted by molar-refractivity contribution is -0.158. The van der Waals surface area contributed by atoms with E-state index in [2.05, 4.69) is 5.32 Å². The minimum atomic E-state index is -0.487. The highest BCUT2D eigenvalue weighted by atomic mass is 16.5. The summed E-state index contributed by atoms with van der Waals surface area (Å²) in [7, 11) is 1.44. The summed E-state index contributed by atoms with van der Waals surface area (Å²) in [4.78, 5) is 12.1. The van der Waals surface area contributed by atoms with Crippen LogP contribution in [0.3, 0.4) is 0 Å². The number of methoxy groups -OCH3 is 1. The van der Waals surface area contributed by atoms with Crippen LogP contribution >= 0.6 is 0 Å². The number of nitrogens with one attached hydrogen (secondary N) is 1. The van der Waals surface area contributed by atoms with Gasteiger partial charge in [0.2, 0.25) is 0 Å². The van der Waals surface area contributed by atoms with E-state index in [0.29, 0.717) is 39.1 Å². The fourth-order valence-electron chi connectivity index (χ4n) is 2.98. The first-order chi connectivity index (χ1) is 10.7. The molecule has 118 valence electrons. The molecule has 2 heterocycles. The van der Waals surface area contributed by atoms with Gasteiger partial charge in [-0.05, 0) is 25.0 Å². The Morgan fingerprint density at radius 1 is 1.32 bits per heavy atom. The monoisotopic (exact) mass is 303 g/mol. The van der Waals surface area contributed by atoms with Crippen molar-refractivity contribution in [3.8, 4) is 0 Å². The van der Waals surface area contributed by atoms with Crippen LogP contribution in [-0.4, -0.2) is 32.8 Å². The van der Waals surface area contributed by atoms with E-state index in [-0.39, 0.29) is 5.97 Å². The lowest BCUT2D eigenvalue weighted by Crippen LogP contribution is -2.45. The molecule has 0 saturated carbocycles. The normalized spacial score (nSPS) is 17.5. The Morgan fingerprint density at radius 3 is 2.82 bits per heavy atom. The molecule has 1 saturated heterocycles. The third-order valence-electron chi connectivity index (χ3n) is 4.31. The van der Waals surface area contributed by atoms with E-state index in [1.807, 2.05) is 30.3 Å². The van der Waals surface area contributed by atoms with Crippen LogP contribution in [0, 0.1) is 5.41 Å². The van der Waals surface area contributed by atoms with Crippen molar-refractivity contribution in [1.82, 2.24) is 5.32 Å². The van der Waals surface area contributed by atoms with Gasteiger partial charge in [-0.25, -0.2) is 0 Å². The van der Waals surface area contributed by atoms with Gasteiger partial charge in [-0.1, -0.05) is 18.2 Å². The maximum absolute atomic E-state index is 12.1. The summed E-state index contributed by atoms with van der Waals surface area (Å²) in [5.74, 6) is 0.709. The van der Waals surface area contributed by atoms with Gasteiger partial charge in [0.05, 0.1) is 19.1 Å². The van der Waals surface area contributed by atoms with Crippen LogP contribution in [0.25, 0.3) is 11.0 Å². The highest BCUT2D eigenvalue weighted by Crippen LogP contribution is 2.31. The topological polar surface area (TPSA) is 60.7 Å². The van der Waals surface area contributed by atoms with Crippen LogP contribution in [0.1, 0.15) is 18.6 Å². The van der Waals surface area contributed by atoms with Crippen molar-refractivity contribution >= 4 is 16.9 Å². The molecule has 22 heavy (non-hydrogen) atoms. The number of para-hydroxylation sites is 1. The summed E-state index contributed by atoms with van der Waals surface area (Å²) in [6.07, 6.45) is 1.37. The molecule has 1 aromatic carbocycles. The summed E-state index contributed by atoms with van der Waals surface area (Å²) in [5.41, 5.74) is 0.395. The van der Waals surface area contributed by atoms with Crippen LogP contribution < -0.4 is 5.32 Å². The summed E-state index contributed by atoms with van der Waals surface area (Å²) in [6, 6.07) is 9.95. The molecule has 0 atom stereocenters. The number of hydrogen-bond acceptors (Lipinski definition) is 5. The molecule has 1 aliphatic rings. The average Bonchev–Trinajstić information content (AvgIpc) is 2.97. The van der Waals surface area contributed by atoms with E-state index in [0.717, 1.165) is 16.7 Å². The van der Waals surface area contributed by atoms with Crippen LogP contribution in [-0.2, 0) is 20.8 Å². The van der Waals surface area contributed by atoms with Gasteiger partial charge in [-0.2, -0.15) is 0 Å². The second-order valence-electron chi connectivity index (χ2n) is 5.74. The molecule has 1 fully saturated rings. The van der Waals surface area contributed by atoms with Gasteiger partial charge in [0.25, 0.3) is 0 Å². The van der Waals surface area contributed by atoms with Crippen molar-refractivity contribution in [2.24, 2.45) is 5.41 Å². The predicted molar refractivity (Wildman–Crippen MR) is 82.4 cm³/mol. The minimum absolute atomic E-state index is 0.159. The van der Waals surface area contributed by atoms with E-state index in [9.17, 15) is 4.79 Å². The molecule has 0 unspecified atom stereocenters.